The van der Waals surface area contributed by atoms with Gasteiger partial charge in [0.15, 0.2) is 0 Å². The fourth-order valence-corrected chi connectivity index (χ4v) is 4.79. The number of amides is 1. The quantitative estimate of drug-likeness (QED) is 0.189. The van der Waals surface area contributed by atoms with Gasteiger partial charge in [-0.2, -0.15) is 74.6 Å². The molecule has 1 aliphatic rings. The van der Waals surface area contributed by atoms with Crippen LogP contribution in [0.25, 0.3) is 12.2 Å². The molecular weight excluding hydrogens is 725 g/mol. The molecule has 1 heterocycles. The highest BCUT2D eigenvalue weighted by molar-refractivity contribution is 6.14. The van der Waals surface area contributed by atoms with E-state index in [4.69, 9.17) is 0 Å². The third-order valence-electron chi connectivity index (χ3n) is 7.72. The highest BCUT2D eigenvalue weighted by Crippen LogP contribution is 2.64. The third kappa shape index (κ3) is 5.75. The molecule has 0 saturated carbocycles. The molecule has 19 heteroatoms. The van der Waals surface area contributed by atoms with E-state index in [9.17, 15) is 79.4 Å². The smallest absolute Gasteiger partial charge is 0.276 e. The molecule has 0 spiro atoms. The van der Waals surface area contributed by atoms with Crippen LogP contribution >= 0.6 is 0 Å². The molecule has 0 fully saturated rings. The standard InChI is InChI=1S/C31H18F17NO/c32-24(33,25(34,35)26(36,37)27(38,39)28(40,41)29(42,43)30(44,45)31(46,47)48)16-15-17-9-11-20(12-10-17)23(50)49-21-7-3-1-5-18(21)13-14-19-6-2-4-8-22(19)49/h1-14H,15-16H2. The molecule has 0 aromatic heterocycles. The summed E-state index contributed by atoms with van der Waals surface area (Å²) in [6.07, 6.45) is -8.43. The van der Waals surface area contributed by atoms with Gasteiger partial charge >= 0.3 is 47.6 Å². The summed E-state index contributed by atoms with van der Waals surface area (Å²) in [6, 6.07) is 16.8. The Balaban J connectivity index is 1.58. The second-order valence-electron chi connectivity index (χ2n) is 10.9. The maximum Gasteiger partial charge on any atom is 0.460 e. The number of alkyl halides is 17. The molecule has 0 unspecified atom stereocenters. The van der Waals surface area contributed by atoms with Crippen molar-refractivity contribution in [2.45, 2.75) is 60.5 Å². The Morgan fingerprint density at radius 2 is 0.860 bits per heavy atom. The van der Waals surface area contributed by atoms with Crippen molar-refractivity contribution in [3.05, 3.63) is 95.1 Å². The molecule has 4 rings (SSSR count). The Bertz CT molecular complexity index is 1710. The summed E-state index contributed by atoms with van der Waals surface area (Å²) in [5, 5.41) is 0. The first-order valence-electron chi connectivity index (χ1n) is 13.7. The van der Waals surface area contributed by atoms with E-state index in [1.54, 1.807) is 60.7 Å². The third-order valence-corrected chi connectivity index (χ3v) is 7.72. The van der Waals surface area contributed by atoms with Crippen LogP contribution in [0.15, 0.2) is 72.8 Å². The molecule has 50 heavy (non-hydrogen) atoms. The van der Waals surface area contributed by atoms with Crippen molar-refractivity contribution in [3.63, 3.8) is 0 Å². The number of halogens is 17. The molecule has 0 bridgehead atoms. The molecule has 1 aliphatic heterocycles. The van der Waals surface area contributed by atoms with Crippen molar-refractivity contribution in [2.24, 2.45) is 0 Å². The van der Waals surface area contributed by atoms with Crippen LogP contribution < -0.4 is 4.90 Å². The Hall–Kier alpha value is -4.32. The zero-order valence-electron chi connectivity index (χ0n) is 24.3. The number of benzene rings is 3. The summed E-state index contributed by atoms with van der Waals surface area (Å²) < 4.78 is 230. The minimum Gasteiger partial charge on any atom is -0.276 e. The van der Waals surface area contributed by atoms with E-state index in [1.165, 1.54) is 4.90 Å². The Kier molecular flexibility index (Phi) is 9.37. The van der Waals surface area contributed by atoms with E-state index in [-0.39, 0.29) is 5.56 Å². The normalized spacial score (nSPS) is 15.0. The number of rotatable bonds is 10. The van der Waals surface area contributed by atoms with Gasteiger partial charge in [0.1, 0.15) is 0 Å². The van der Waals surface area contributed by atoms with Gasteiger partial charge in [0.25, 0.3) is 5.91 Å². The molecule has 0 saturated heterocycles. The summed E-state index contributed by atoms with van der Waals surface area (Å²) in [7, 11) is 0. The average Bonchev–Trinajstić information content (AvgIpc) is 3.19. The van der Waals surface area contributed by atoms with Crippen LogP contribution in [-0.2, 0) is 6.42 Å². The van der Waals surface area contributed by atoms with Crippen molar-refractivity contribution < 1.29 is 79.4 Å². The van der Waals surface area contributed by atoms with E-state index in [1.807, 2.05) is 0 Å². The molecule has 1 amide bonds. The monoisotopic (exact) mass is 743 g/mol. The fraction of sp³-hybridized carbons (Fsp3) is 0.323. The average molecular weight is 743 g/mol. The number of aryl methyl sites for hydroxylation is 1. The number of hydrogen-bond acceptors (Lipinski definition) is 1. The number of nitrogens with zero attached hydrogens (tertiary/aromatic N) is 1. The van der Waals surface area contributed by atoms with Crippen molar-refractivity contribution in [3.8, 4) is 0 Å². The van der Waals surface area contributed by atoms with Crippen LogP contribution in [0.4, 0.5) is 86.0 Å². The van der Waals surface area contributed by atoms with Gasteiger partial charge in [0.05, 0.1) is 11.4 Å². The minimum atomic E-state index is -8.67. The second kappa shape index (κ2) is 12.2. The lowest BCUT2D eigenvalue weighted by atomic mass is 9.87. The summed E-state index contributed by atoms with van der Waals surface area (Å²) in [5.41, 5.74) is 1.36. The summed E-state index contributed by atoms with van der Waals surface area (Å²) in [5.74, 6) is -57.3. The molecule has 3 aromatic rings. The molecule has 0 N–H and O–H groups in total. The van der Waals surface area contributed by atoms with E-state index < -0.39 is 71.9 Å². The van der Waals surface area contributed by atoms with Crippen LogP contribution in [0.1, 0.15) is 33.5 Å². The van der Waals surface area contributed by atoms with Gasteiger partial charge in [0.2, 0.25) is 0 Å². The summed E-state index contributed by atoms with van der Waals surface area (Å²) in [4.78, 5) is 14.9. The number of para-hydroxylation sites is 2. The number of hydrogen-bond donors (Lipinski definition) is 0. The molecular formula is C31H18F17NO. The summed E-state index contributed by atoms with van der Waals surface area (Å²) >= 11 is 0. The topological polar surface area (TPSA) is 20.3 Å². The van der Waals surface area contributed by atoms with Gasteiger partial charge < -0.3 is 0 Å². The first kappa shape index (κ1) is 38.5. The Morgan fingerprint density at radius 3 is 1.28 bits per heavy atom. The van der Waals surface area contributed by atoms with Gasteiger partial charge in [-0.1, -0.05) is 60.7 Å². The Labute approximate surface area is 269 Å². The zero-order chi connectivity index (χ0) is 37.9. The molecule has 0 aliphatic carbocycles. The minimum absolute atomic E-state index is 0.151. The van der Waals surface area contributed by atoms with Crippen LogP contribution in [-0.4, -0.2) is 53.5 Å². The lowest BCUT2D eigenvalue weighted by molar-refractivity contribution is -0.461. The van der Waals surface area contributed by atoms with Crippen LogP contribution in [0.3, 0.4) is 0 Å². The predicted octanol–water partition coefficient (Wildman–Crippen LogP) is 11.1. The lowest BCUT2D eigenvalue weighted by Gasteiger charge is -2.42. The van der Waals surface area contributed by atoms with Crippen molar-refractivity contribution in [2.75, 3.05) is 4.90 Å². The zero-order valence-corrected chi connectivity index (χ0v) is 24.3. The molecule has 0 radical (unpaired) electrons. The molecule has 2 nitrogen and oxygen atoms in total. The van der Waals surface area contributed by atoms with Gasteiger partial charge in [-0.05, 0) is 47.4 Å². The maximum atomic E-state index is 14.4. The van der Waals surface area contributed by atoms with Crippen LogP contribution in [0.2, 0.25) is 0 Å². The first-order chi connectivity index (χ1) is 22.7. The maximum absolute atomic E-state index is 14.4. The van der Waals surface area contributed by atoms with E-state index in [0.717, 1.165) is 24.3 Å². The number of anilines is 2. The number of carbonyl (C=O) groups excluding carboxylic acids is 1. The van der Waals surface area contributed by atoms with Crippen molar-refractivity contribution in [1.29, 1.82) is 0 Å². The second-order valence-corrected chi connectivity index (χ2v) is 10.9. The first-order valence-corrected chi connectivity index (χ1v) is 13.7. The van der Waals surface area contributed by atoms with Crippen molar-refractivity contribution in [1.82, 2.24) is 0 Å². The van der Waals surface area contributed by atoms with E-state index in [0.29, 0.717) is 22.5 Å². The molecule has 3 aromatic carbocycles. The van der Waals surface area contributed by atoms with Gasteiger partial charge in [-0.25, -0.2) is 0 Å². The summed E-state index contributed by atoms with van der Waals surface area (Å²) in [6.45, 7) is 0. The predicted molar refractivity (Wildman–Crippen MR) is 144 cm³/mol. The van der Waals surface area contributed by atoms with Gasteiger partial charge in [-0.3, -0.25) is 9.69 Å². The highest BCUT2D eigenvalue weighted by atomic mass is 19.4. The van der Waals surface area contributed by atoms with E-state index in [2.05, 4.69) is 0 Å². The van der Waals surface area contributed by atoms with Gasteiger partial charge in [0, 0.05) is 12.0 Å². The van der Waals surface area contributed by atoms with E-state index >= 15 is 0 Å². The fourth-order valence-electron chi connectivity index (χ4n) is 4.79. The lowest BCUT2D eigenvalue weighted by Crippen LogP contribution is -2.74. The molecule has 0 atom stereocenters. The highest BCUT2D eigenvalue weighted by Gasteiger charge is 2.95. The van der Waals surface area contributed by atoms with Gasteiger partial charge in [-0.15, -0.1) is 0 Å². The number of fused-ring (bicyclic) bond motifs is 2. The Morgan fingerprint density at radius 1 is 0.480 bits per heavy atom. The van der Waals surface area contributed by atoms with Crippen LogP contribution in [0, 0.1) is 0 Å². The van der Waals surface area contributed by atoms with Crippen molar-refractivity contribution >= 4 is 29.4 Å². The SMILES string of the molecule is O=C(c1ccc(CCC(F)(F)C(F)(F)C(F)(F)C(F)(F)C(F)(F)C(F)(F)C(F)(F)C(F)(F)F)cc1)N1c2ccccc2C=Cc2ccccc21. The van der Waals surface area contributed by atoms with Crippen LogP contribution in [0.5, 0.6) is 0 Å². The number of carbonyl (C=O) groups is 1. The molecule has 272 valence electrons. The largest absolute Gasteiger partial charge is 0.460 e.